The van der Waals surface area contributed by atoms with E-state index >= 15 is 0 Å². The molecule has 1 unspecified atom stereocenters. The van der Waals surface area contributed by atoms with E-state index in [0.717, 1.165) is 12.5 Å². The van der Waals surface area contributed by atoms with E-state index in [1.54, 1.807) is 6.07 Å². The van der Waals surface area contributed by atoms with E-state index in [0.29, 0.717) is 0 Å². The molecule has 1 heterocycles. The largest absolute Gasteiger partial charge is 0.464 e. The number of ether oxygens (including phenoxy) is 1. The fourth-order valence-corrected chi connectivity index (χ4v) is 1.19. The molecule has 18 heavy (non-hydrogen) atoms. The van der Waals surface area contributed by atoms with Gasteiger partial charge in [0.1, 0.15) is 11.6 Å². The van der Waals surface area contributed by atoms with Crippen LogP contribution in [0.3, 0.4) is 0 Å². The lowest BCUT2D eigenvalue weighted by Gasteiger charge is -2.18. The summed E-state index contributed by atoms with van der Waals surface area (Å²) in [5.74, 6) is -0.148. The van der Waals surface area contributed by atoms with Gasteiger partial charge in [0, 0.05) is 6.20 Å². The first kappa shape index (κ1) is 14.3. The maximum absolute atomic E-state index is 12.3. The van der Waals surface area contributed by atoms with Gasteiger partial charge >= 0.3 is 6.18 Å². The van der Waals surface area contributed by atoms with Gasteiger partial charge in [-0.1, -0.05) is 13.8 Å². The van der Waals surface area contributed by atoms with Gasteiger partial charge in [0.2, 0.25) is 5.88 Å². The molecule has 0 bridgehead atoms. The molecule has 0 spiro atoms. The molecule has 0 aliphatic carbocycles. The maximum Gasteiger partial charge on any atom is 0.425 e. The normalized spacial score (nSPS) is 13.2. The first-order chi connectivity index (χ1) is 8.25. The van der Waals surface area contributed by atoms with Crippen molar-refractivity contribution in [2.75, 3.05) is 0 Å². The topological polar surface area (TPSA) is 45.9 Å². The highest BCUT2D eigenvalue weighted by molar-refractivity contribution is 5.40. The molecule has 0 radical (unpaired) electrons. The number of nitrogens with zero attached hydrogens (tertiary/aromatic N) is 2. The van der Waals surface area contributed by atoms with Gasteiger partial charge in [0.05, 0.1) is 0 Å². The van der Waals surface area contributed by atoms with E-state index in [4.69, 9.17) is 5.26 Å². The first-order valence-electron chi connectivity index (χ1n) is 5.39. The fraction of sp³-hybridized carbons (Fsp3) is 0.500. The average molecular weight is 258 g/mol. The van der Waals surface area contributed by atoms with Gasteiger partial charge < -0.3 is 4.74 Å². The molecule has 0 saturated heterocycles. The van der Waals surface area contributed by atoms with Gasteiger partial charge in [-0.15, -0.1) is 0 Å². The zero-order chi connectivity index (χ0) is 13.9. The molecule has 1 aromatic rings. The van der Waals surface area contributed by atoms with E-state index in [-0.39, 0.29) is 17.4 Å². The van der Waals surface area contributed by atoms with Gasteiger partial charge in [-0.2, -0.15) is 18.4 Å². The van der Waals surface area contributed by atoms with Crippen molar-refractivity contribution < 1.29 is 17.9 Å². The standard InChI is InChI=1S/C12H13F3N2O/c1-7(2)10-4-9(5-16)11(17-6-10)18-8(3)12(13,14)15/h4,6-8H,1-3H3. The van der Waals surface area contributed by atoms with Gasteiger partial charge in [-0.3, -0.25) is 0 Å². The Morgan fingerprint density at radius 3 is 2.39 bits per heavy atom. The third-order valence-electron chi connectivity index (χ3n) is 2.41. The molecule has 1 atom stereocenters. The van der Waals surface area contributed by atoms with E-state index in [9.17, 15) is 13.2 Å². The van der Waals surface area contributed by atoms with Crippen molar-refractivity contribution >= 4 is 0 Å². The summed E-state index contributed by atoms with van der Waals surface area (Å²) in [6.07, 6.45) is -5.06. The van der Waals surface area contributed by atoms with Crippen LogP contribution in [0.2, 0.25) is 0 Å². The fourth-order valence-electron chi connectivity index (χ4n) is 1.19. The zero-order valence-corrected chi connectivity index (χ0v) is 10.2. The third-order valence-corrected chi connectivity index (χ3v) is 2.41. The second kappa shape index (κ2) is 5.25. The summed E-state index contributed by atoms with van der Waals surface area (Å²) in [7, 11) is 0. The Morgan fingerprint density at radius 2 is 1.94 bits per heavy atom. The molecule has 0 aromatic carbocycles. The Bertz CT molecular complexity index is 463. The molecule has 3 nitrogen and oxygen atoms in total. The summed E-state index contributed by atoms with van der Waals surface area (Å²) in [4.78, 5) is 3.78. The third kappa shape index (κ3) is 3.36. The molecule has 0 amide bonds. The highest BCUT2D eigenvalue weighted by atomic mass is 19.4. The van der Waals surface area contributed by atoms with Crippen LogP contribution >= 0.6 is 0 Å². The van der Waals surface area contributed by atoms with E-state index < -0.39 is 12.3 Å². The van der Waals surface area contributed by atoms with Crippen molar-refractivity contribution in [1.29, 1.82) is 5.26 Å². The lowest BCUT2D eigenvalue weighted by atomic mass is 10.0. The quantitative estimate of drug-likeness (QED) is 0.834. The minimum absolute atomic E-state index is 0.0114. The molecular weight excluding hydrogens is 245 g/mol. The monoisotopic (exact) mass is 258 g/mol. The number of hydrogen-bond acceptors (Lipinski definition) is 3. The van der Waals surface area contributed by atoms with Crippen molar-refractivity contribution in [3.05, 3.63) is 23.4 Å². The Morgan fingerprint density at radius 1 is 1.33 bits per heavy atom. The van der Waals surface area contributed by atoms with Crippen LogP contribution in [-0.4, -0.2) is 17.3 Å². The SMILES string of the molecule is CC(C)c1cnc(OC(C)C(F)(F)F)c(C#N)c1. The molecule has 0 fully saturated rings. The summed E-state index contributed by atoms with van der Waals surface area (Å²) in [5, 5.41) is 8.89. The number of pyridine rings is 1. The van der Waals surface area contributed by atoms with Gasteiger partial charge in [-0.05, 0) is 24.5 Å². The molecule has 0 aliphatic heterocycles. The Kier molecular flexibility index (Phi) is 4.17. The van der Waals surface area contributed by atoms with Crippen molar-refractivity contribution in [2.45, 2.75) is 39.0 Å². The van der Waals surface area contributed by atoms with Crippen LogP contribution in [0, 0.1) is 11.3 Å². The highest BCUT2D eigenvalue weighted by Gasteiger charge is 2.38. The van der Waals surface area contributed by atoms with Gasteiger partial charge in [-0.25, -0.2) is 4.98 Å². The van der Waals surface area contributed by atoms with Gasteiger partial charge in [0.15, 0.2) is 6.10 Å². The van der Waals surface area contributed by atoms with Crippen molar-refractivity contribution in [3.8, 4) is 11.9 Å². The molecule has 6 heteroatoms. The van der Waals surface area contributed by atoms with Gasteiger partial charge in [0.25, 0.3) is 0 Å². The van der Waals surface area contributed by atoms with Crippen molar-refractivity contribution in [3.63, 3.8) is 0 Å². The van der Waals surface area contributed by atoms with Crippen LogP contribution in [0.1, 0.15) is 37.8 Å². The van der Waals surface area contributed by atoms with Crippen LogP contribution in [0.25, 0.3) is 0 Å². The maximum atomic E-state index is 12.3. The summed E-state index contributed by atoms with van der Waals surface area (Å²) < 4.78 is 41.7. The number of aromatic nitrogens is 1. The van der Waals surface area contributed by atoms with Crippen LogP contribution < -0.4 is 4.74 Å². The molecule has 0 saturated carbocycles. The lowest BCUT2D eigenvalue weighted by molar-refractivity contribution is -0.190. The predicted molar refractivity (Wildman–Crippen MR) is 59.2 cm³/mol. The lowest BCUT2D eigenvalue weighted by Crippen LogP contribution is -2.31. The number of halogens is 3. The molecule has 98 valence electrons. The number of rotatable bonds is 3. The van der Waals surface area contributed by atoms with Crippen LogP contribution in [-0.2, 0) is 0 Å². The summed E-state index contributed by atoms with van der Waals surface area (Å²) >= 11 is 0. The van der Waals surface area contributed by atoms with E-state index in [2.05, 4.69) is 9.72 Å². The van der Waals surface area contributed by atoms with Crippen LogP contribution in [0.15, 0.2) is 12.3 Å². The molecule has 0 aliphatic rings. The minimum Gasteiger partial charge on any atom is -0.464 e. The van der Waals surface area contributed by atoms with E-state index in [1.807, 2.05) is 13.8 Å². The second-order valence-electron chi connectivity index (χ2n) is 4.19. The average Bonchev–Trinajstić information content (AvgIpc) is 2.27. The summed E-state index contributed by atoms with van der Waals surface area (Å²) in [6.45, 7) is 4.67. The zero-order valence-electron chi connectivity index (χ0n) is 10.2. The molecular formula is C12H13F3N2O. The molecule has 0 N–H and O–H groups in total. The predicted octanol–water partition coefficient (Wildman–Crippen LogP) is 3.41. The number of alkyl halides is 3. The Balaban J connectivity index is 3.01. The van der Waals surface area contributed by atoms with E-state index in [1.165, 1.54) is 12.3 Å². The summed E-state index contributed by atoms with van der Waals surface area (Å²) in [6, 6.07) is 3.29. The highest BCUT2D eigenvalue weighted by Crippen LogP contribution is 2.27. The Hall–Kier alpha value is -1.77. The summed E-state index contributed by atoms with van der Waals surface area (Å²) in [5.41, 5.74) is 0.788. The smallest absolute Gasteiger partial charge is 0.425 e. The first-order valence-corrected chi connectivity index (χ1v) is 5.39. The minimum atomic E-state index is -4.48. The molecule has 1 aromatic heterocycles. The van der Waals surface area contributed by atoms with Crippen LogP contribution in [0.4, 0.5) is 13.2 Å². The number of nitriles is 1. The Labute approximate surface area is 103 Å². The van der Waals surface area contributed by atoms with Crippen molar-refractivity contribution in [1.82, 2.24) is 4.98 Å². The molecule has 1 rings (SSSR count). The number of hydrogen-bond donors (Lipinski definition) is 0. The van der Waals surface area contributed by atoms with Crippen LogP contribution in [0.5, 0.6) is 5.88 Å². The van der Waals surface area contributed by atoms with Crippen molar-refractivity contribution in [2.24, 2.45) is 0 Å². The second-order valence-corrected chi connectivity index (χ2v) is 4.19.